The number of ether oxygens (including phenoxy) is 2. The van der Waals surface area contributed by atoms with Gasteiger partial charge in [0.2, 0.25) is 6.79 Å². The summed E-state index contributed by atoms with van der Waals surface area (Å²) in [5, 5.41) is 2.83. The Morgan fingerprint density at radius 2 is 1.79 bits per heavy atom. The molecule has 174 valence electrons. The van der Waals surface area contributed by atoms with Gasteiger partial charge in [-0.15, -0.1) is 0 Å². The van der Waals surface area contributed by atoms with Gasteiger partial charge in [0, 0.05) is 31.7 Å². The molecule has 0 radical (unpaired) electrons. The fraction of sp³-hybridized carbons (Fsp3) is 0.240. The molecule has 2 amide bonds. The van der Waals surface area contributed by atoms with E-state index in [9.17, 15) is 14.0 Å². The SMILES string of the molecule is O=C(Nc1ccc(N2CCCN(C(=O)c3ccccc3F)CC2)nc1)c1ccc2c(c1)OCO2. The Morgan fingerprint density at radius 3 is 2.62 bits per heavy atom. The number of fused-ring (bicyclic) bond motifs is 1. The number of carbonyl (C=O) groups is 2. The Morgan fingerprint density at radius 1 is 0.941 bits per heavy atom. The van der Waals surface area contributed by atoms with Crippen LogP contribution in [0.5, 0.6) is 11.5 Å². The molecule has 1 fully saturated rings. The summed E-state index contributed by atoms with van der Waals surface area (Å²) < 4.78 is 24.6. The van der Waals surface area contributed by atoms with Gasteiger partial charge in [0.15, 0.2) is 11.5 Å². The van der Waals surface area contributed by atoms with Gasteiger partial charge in [-0.3, -0.25) is 9.59 Å². The number of hydrogen-bond donors (Lipinski definition) is 1. The molecule has 1 aromatic heterocycles. The summed E-state index contributed by atoms with van der Waals surface area (Å²) in [6.45, 7) is 2.47. The van der Waals surface area contributed by atoms with E-state index in [1.807, 2.05) is 6.07 Å². The number of benzene rings is 2. The lowest BCUT2D eigenvalue weighted by Gasteiger charge is -2.23. The van der Waals surface area contributed by atoms with Crippen LogP contribution in [0.4, 0.5) is 15.9 Å². The molecule has 2 aromatic carbocycles. The Bertz CT molecular complexity index is 1220. The van der Waals surface area contributed by atoms with Gasteiger partial charge < -0.3 is 24.6 Å². The summed E-state index contributed by atoms with van der Waals surface area (Å²) in [6.07, 6.45) is 2.35. The minimum atomic E-state index is -0.506. The number of nitrogens with zero attached hydrogens (tertiary/aromatic N) is 3. The summed E-state index contributed by atoms with van der Waals surface area (Å²) in [5.41, 5.74) is 1.12. The molecule has 9 heteroatoms. The molecule has 0 bridgehead atoms. The zero-order valence-electron chi connectivity index (χ0n) is 18.4. The highest BCUT2D eigenvalue weighted by atomic mass is 19.1. The fourth-order valence-corrected chi connectivity index (χ4v) is 4.04. The minimum Gasteiger partial charge on any atom is -0.454 e. The van der Waals surface area contributed by atoms with Crippen molar-refractivity contribution in [3.63, 3.8) is 0 Å². The maximum atomic E-state index is 14.0. The van der Waals surface area contributed by atoms with Crippen LogP contribution in [0.3, 0.4) is 0 Å². The first kappa shape index (κ1) is 21.7. The number of hydrogen-bond acceptors (Lipinski definition) is 6. The maximum absolute atomic E-state index is 14.0. The second kappa shape index (κ2) is 9.38. The second-order valence-corrected chi connectivity index (χ2v) is 8.04. The lowest BCUT2D eigenvalue weighted by molar-refractivity contribution is 0.0762. The van der Waals surface area contributed by atoms with Crippen molar-refractivity contribution in [2.24, 2.45) is 0 Å². The predicted octanol–water partition coefficient (Wildman–Crippen LogP) is 3.55. The Labute approximate surface area is 195 Å². The standard InChI is InChI=1S/C25H23FN4O4/c26-20-5-2-1-4-19(20)25(32)30-11-3-10-29(12-13-30)23-9-7-18(15-27-23)28-24(31)17-6-8-21-22(14-17)34-16-33-21/h1-2,4-9,14-15H,3,10-13,16H2,(H,28,31). The highest BCUT2D eigenvalue weighted by molar-refractivity contribution is 6.04. The quantitative estimate of drug-likeness (QED) is 0.639. The molecular weight excluding hydrogens is 439 g/mol. The van der Waals surface area contributed by atoms with E-state index in [2.05, 4.69) is 15.2 Å². The van der Waals surface area contributed by atoms with Crippen molar-refractivity contribution in [3.05, 3.63) is 77.7 Å². The number of aromatic nitrogens is 1. The molecule has 0 aliphatic carbocycles. The molecule has 3 heterocycles. The number of halogens is 1. The van der Waals surface area contributed by atoms with Crippen LogP contribution in [0.1, 0.15) is 27.1 Å². The van der Waals surface area contributed by atoms with E-state index in [4.69, 9.17) is 9.47 Å². The van der Waals surface area contributed by atoms with Crippen LogP contribution < -0.4 is 19.7 Å². The van der Waals surface area contributed by atoms with E-state index in [0.717, 1.165) is 18.8 Å². The average Bonchev–Trinajstić information content (AvgIpc) is 3.19. The van der Waals surface area contributed by atoms with Crippen LogP contribution in [0.25, 0.3) is 0 Å². The molecular formula is C25H23FN4O4. The first-order valence-corrected chi connectivity index (χ1v) is 11.0. The summed E-state index contributed by atoms with van der Waals surface area (Å²) in [7, 11) is 0. The Hall–Kier alpha value is -4.14. The minimum absolute atomic E-state index is 0.0941. The molecule has 34 heavy (non-hydrogen) atoms. The van der Waals surface area contributed by atoms with Gasteiger partial charge in [-0.25, -0.2) is 9.37 Å². The number of carbonyl (C=O) groups excluding carboxylic acids is 2. The highest BCUT2D eigenvalue weighted by Gasteiger charge is 2.23. The number of amides is 2. The molecule has 2 aliphatic rings. The average molecular weight is 462 g/mol. The summed E-state index contributed by atoms with van der Waals surface area (Å²) in [4.78, 5) is 33.6. The largest absolute Gasteiger partial charge is 0.454 e. The first-order chi connectivity index (χ1) is 16.6. The third kappa shape index (κ3) is 4.50. The molecule has 0 unspecified atom stereocenters. The molecule has 0 saturated carbocycles. The second-order valence-electron chi connectivity index (χ2n) is 8.04. The maximum Gasteiger partial charge on any atom is 0.256 e. The lowest BCUT2D eigenvalue weighted by atomic mass is 10.2. The van der Waals surface area contributed by atoms with E-state index in [1.165, 1.54) is 12.1 Å². The zero-order chi connectivity index (χ0) is 23.5. The summed E-state index contributed by atoms with van der Waals surface area (Å²) >= 11 is 0. The van der Waals surface area contributed by atoms with Crippen molar-refractivity contribution >= 4 is 23.3 Å². The number of rotatable bonds is 4. The molecule has 1 N–H and O–H groups in total. The monoisotopic (exact) mass is 462 g/mol. The smallest absolute Gasteiger partial charge is 0.256 e. The summed E-state index contributed by atoms with van der Waals surface area (Å²) in [6, 6.07) is 14.7. The van der Waals surface area contributed by atoms with Gasteiger partial charge in [0.25, 0.3) is 11.8 Å². The number of nitrogens with one attached hydrogen (secondary N) is 1. The van der Waals surface area contributed by atoms with Crippen LogP contribution in [-0.2, 0) is 0 Å². The van der Waals surface area contributed by atoms with E-state index < -0.39 is 5.82 Å². The fourth-order valence-electron chi connectivity index (χ4n) is 4.04. The summed E-state index contributed by atoms with van der Waals surface area (Å²) in [5.74, 6) is 0.841. The highest BCUT2D eigenvalue weighted by Crippen LogP contribution is 2.32. The third-order valence-electron chi connectivity index (χ3n) is 5.85. The van der Waals surface area contributed by atoms with Gasteiger partial charge in [0.1, 0.15) is 11.6 Å². The van der Waals surface area contributed by atoms with Gasteiger partial charge in [0.05, 0.1) is 17.4 Å². The van der Waals surface area contributed by atoms with E-state index >= 15 is 0 Å². The van der Waals surface area contributed by atoms with Crippen molar-refractivity contribution in [1.82, 2.24) is 9.88 Å². The van der Waals surface area contributed by atoms with E-state index in [0.29, 0.717) is 42.4 Å². The molecule has 5 rings (SSSR count). The van der Waals surface area contributed by atoms with Crippen LogP contribution in [0.15, 0.2) is 60.8 Å². The van der Waals surface area contributed by atoms with E-state index in [1.54, 1.807) is 47.5 Å². The Kier molecular flexibility index (Phi) is 5.99. The zero-order valence-corrected chi connectivity index (χ0v) is 18.4. The number of pyridine rings is 1. The lowest BCUT2D eigenvalue weighted by Crippen LogP contribution is -2.35. The molecule has 0 atom stereocenters. The normalized spacial score (nSPS) is 15.1. The van der Waals surface area contributed by atoms with Crippen LogP contribution in [0, 0.1) is 5.82 Å². The molecule has 3 aromatic rings. The molecule has 8 nitrogen and oxygen atoms in total. The van der Waals surface area contributed by atoms with Gasteiger partial charge in [-0.2, -0.15) is 0 Å². The van der Waals surface area contributed by atoms with Crippen molar-refractivity contribution in [1.29, 1.82) is 0 Å². The van der Waals surface area contributed by atoms with Crippen LogP contribution in [0.2, 0.25) is 0 Å². The van der Waals surface area contributed by atoms with Gasteiger partial charge in [-0.05, 0) is 48.9 Å². The van der Waals surface area contributed by atoms with Gasteiger partial charge in [-0.1, -0.05) is 12.1 Å². The molecule has 0 spiro atoms. The topological polar surface area (TPSA) is 84.0 Å². The number of anilines is 2. The molecule has 1 saturated heterocycles. The van der Waals surface area contributed by atoms with Crippen molar-refractivity contribution < 1.29 is 23.5 Å². The van der Waals surface area contributed by atoms with Crippen molar-refractivity contribution in [3.8, 4) is 11.5 Å². The predicted molar refractivity (Wildman–Crippen MR) is 124 cm³/mol. The molecule has 2 aliphatic heterocycles. The van der Waals surface area contributed by atoms with Crippen LogP contribution >= 0.6 is 0 Å². The van der Waals surface area contributed by atoms with Crippen LogP contribution in [-0.4, -0.2) is 54.7 Å². The Balaban J connectivity index is 1.20. The first-order valence-electron chi connectivity index (χ1n) is 11.0. The van der Waals surface area contributed by atoms with Crippen molar-refractivity contribution in [2.45, 2.75) is 6.42 Å². The van der Waals surface area contributed by atoms with Gasteiger partial charge >= 0.3 is 0 Å². The van der Waals surface area contributed by atoms with E-state index in [-0.39, 0.29) is 24.2 Å². The third-order valence-corrected chi connectivity index (χ3v) is 5.85. The van der Waals surface area contributed by atoms with Crippen molar-refractivity contribution in [2.75, 3.05) is 43.2 Å².